The fourth-order valence-corrected chi connectivity index (χ4v) is 7.74. The maximum absolute atomic E-state index is 14.4. The number of fused-ring (bicyclic) bond motifs is 3. The van der Waals surface area contributed by atoms with E-state index in [0.717, 1.165) is 16.7 Å². The molecule has 3 aliphatic rings. The van der Waals surface area contributed by atoms with Crippen molar-refractivity contribution in [1.29, 1.82) is 0 Å². The number of carbonyl (C=O) groups excluding carboxylic acids is 2. The summed E-state index contributed by atoms with van der Waals surface area (Å²) >= 11 is 0. The highest BCUT2D eigenvalue weighted by atomic mass is 31.2. The van der Waals surface area contributed by atoms with E-state index < -0.39 is 25.5 Å². The Morgan fingerprint density at radius 3 is 2.05 bits per heavy atom. The van der Waals surface area contributed by atoms with E-state index in [0.29, 0.717) is 50.3 Å². The lowest BCUT2D eigenvalue weighted by Crippen LogP contribution is -2.49. The number of rotatable bonds is 4. The van der Waals surface area contributed by atoms with Crippen LogP contribution < -0.4 is 9.05 Å². The quantitative estimate of drug-likeness (QED) is 0.380. The third-order valence-corrected chi connectivity index (χ3v) is 9.53. The number of ether oxygens (including phenoxy) is 1. The molecule has 3 heterocycles. The Kier molecular flexibility index (Phi) is 6.58. The molecule has 8 nitrogen and oxygen atoms in total. The predicted octanol–water partition coefficient (Wildman–Crippen LogP) is 6.07. The van der Waals surface area contributed by atoms with E-state index in [1.54, 1.807) is 17.0 Å². The molecule has 2 amide bonds. The Balaban J connectivity index is 1.23. The van der Waals surface area contributed by atoms with Crippen molar-refractivity contribution >= 4 is 19.6 Å². The van der Waals surface area contributed by atoms with Gasteiger partial charge in [0.05, 0.1) is 0 Å². The summed E-state index contributed by atoms with van der Waals surface area (Å²) in [7, 11) is -3.85. The molecular formula is C29H29N2O6P. The number of hydrogen-bond donors (Lipinski definition) is 0. The maximum atomic E-state index is 14.4. The van der Waals surface area contributed by atoms with Crippen LogP contribution in [0.5, 0.6) is 11.5 Å². The molecule has 0 aromatic heterocycles. The Bertz CT molecular complexity index is 1350. The van der Waals surface area contributed by atoms with Crippen molar-refractivity contribution < 1.29 is 27.9 Å². The van der Waals surface area contributed by atoms with Crippen molar-refractivity contribution in [1.82, 2.24) is 9.80 Å². The summed E-state index contributed by atoms with van der Waals surface area (Å²) in [6.45, 7) is 1.000. The molecule has 38 heavy (non-hydrogen) atoms. The van der Waals surface area contributed by atoms with Crippen LogP contribution in [0.15, 0.2) is 78.9 Å². The number of para-hydroxylation sites is 2. The molecule has 2 atom stereocenters. The summed E-state index contributed by atoms with van der Waals surface area (Å²) in [5.74, 6) is -0.0639. The van der Waals surface area contributed by atoms with Gasteiger partial charge in [-0.15, -0.1) is 0 Å². The normalized spacial score (nSPS) is 21.5. The van der Waals surface area contributed by atoms with Gasteiger partial charge in [-0.05, 0) is 43.4 Å². The van der Waals surface area contributed by atoms with E-state index in [-0.39, 0.29) is 12.5 Å². The Morgan fingerprint density at radius 1 is 0.789 bits per heavy atom. The van der Waals surface area contributed by atoms with Gasteiger partial charge in [-0.1, -0.05) is 66.7 Å². The second kappa shape index (κ2) is 10.2. The minimum absolute atomic E-state index is 0.138. The van der Waals surface area contributed by atoms with Crippen LogP contribution in [0.1, 0.15) is 31.2 Å². The van der Waals surface area contributed by atoms with Crippen LogP contribution >= 0.6 is 7.60 Å². The molecule has 9 heteroatoms. The molecule has 6 rings (SSSR count). The van der Waals surface area contributed by atoms with Gasteiger partial charge in [0.1, 0.15) is 24.1 Å². The number of hydrogen-bond acceptors (Lipinski definition) is 6. The molecule has 3 aromatic rings. The highest BCUT2D eigenvalue weighted by molar-refractivity contribution is 7.55. The van der Waals surface area contributed by atoms with Crippen LogP contribution in [0.2, 0.25) is 0 Å². The number of nitrogens with zero attached hydrogens (tertiary/aromatic N) is 2. The first kappa shape index (κ1) is 24.6. The van der Waals surface area contributed by atoms with Gasteiger partial charge in [0, 0.05) is 24.2 Å². The molecule has 0 aliphatic carbocycles. The van der Waals surface area contributed by atoms with Gasteiger partial charge in [-0.25, -0.2) is 9.36 Å². The summed E-state index contributed by atoms with van der Waals surface area (Å²) in [5.41, 5.74) is 2.46. The van der Waals surface area contributed by atoms with Gasteiger partial charge < -0.3 is 18.7 Å². The Labute approximate surface area is 221 Å². The third kappa shape index (κ3) is 4.54. The molecule has 0 spiro atoms. The van der Waals surface area contributed by atoms with Crippen LogP contribution in [0.3, 0.4) is 0 Å². The van der Waals surface area contributed by atoms with E-state index in [2.05, 4.69) is 0 Å². The van der Waals surface area contributed by atoms with Gasteiger partial charge in [-0.3, -0.25) is 9.69 Å². The molecular weight excluding hydrogens is 503 g/mol. The van der Waals surface area contributed by atoms with Gasteiger partial charge in [0.15, 0.2) is 5.78 Å². The minimum atomic E-state index is -3.85. The molecule has 3 aromatic carbocycles. The Hall–Kier alpha value is -3.77. The molecule has 0 radical (unpaired) electrons. The van der Waals surface area contributed by atoms with Gasteiger partial charge in [-0.2, -0.15) is 0 Å². The average molecular weight is 533 g/mol. The average Bonchev–Trinajstić information content (AvgIpc) is 3.61. The highest BCUT2D eigenvalue weighted by Gasteiger charge is 2.51. The van der Waals surface area contributed by atoms with Crippen molar-refractivity contribution in [2.75, 3.05) is 13.1 Å². The smallest absolute Gasteiger partial charge is 0.445 e. The fourth-order valence-electron chi connectivity index (χ4n) is 5.52. The second-order valence-electron chi connectivity index (χ2n) is 9.76. The molecule has 0 N–H and O–H groups in total. The van der Waals surface area contributed by atoms with Crippen LogP contribution in [0, 0.1) is 0 Å². The lowest BCUT2D eigenvalue weighted by atomic mass is 10.0. The molecule has 1 unspecified atom stereocenters. The summed E-state index contributed by atoms with van der Waals surface area (Å²) < 4.78 is 32.3. The third-order valence-electron chi connectivity index (χ3n) is 7.36. The van der Waals surface area contributed by atoms with E-state index in [1.807, 2.05) is 66.7 Å². The number of amides is 2. The zero-order chi connectivity index (χ0) is 26.1. The topological polar surface area (TPSA) is 85.4 Å². The van der Waals surface area contributed by atoms with Crippen LogP contribution in [0.4, 0.5) is 4.79 Å². The van der Waals surface area contributed by atoms with Crippen LogP contribution in [0.25, 0.3) is 11.1 Å². The standard InChI is InChI=1S/C29H29N2O6P/c32-28(24-14-8-18-30(24)29(33)35-20-21-10-2-1-3-11-21)31-19-9-17-27(31)38(34)36-25-15-6-4-12-22(25)23-13-5-7-16-26(23)37-38/h1-7,10-13,15-16,24,27H,8-9,14,17-20H2/t24-,27?/m0/s1. The molecule has 2 fully saturated rings. The zero-order valence-corrected chi connectivity index (χ0v) is 21.8. The summed E-state index contributed by atoms with van der Waals surface area (Å²) in [6, 6.07) is 23.6. The van der Waals surface area contributed by atoms with Crippen molar-refractivity contribution in [3.05, 3.63) is 84.4 Å². The lowest BCUT2D eigenvalue weighted by Gasteiger charge is -2.33. The second-order valence-corrected chi connectivity index (χ2v) is 11.8. The first-order chi connectivity index (χ1) is 18.5. The molecule has 0 bridgehead atoms. The number of likely N-dealkylation sites (tertiary alicyclic amines) is 2. The molecule has 2 saturated heterocycles. The fraction of sp³-hybridized carbons (Fsp3) is 0.310. The monoisotopic (exact) mass is 532 g/mol. The van der Waals surface area contributed by atoms with Crippen LogP contribution in [-0.2, 0) is 20.7 Å². The first-order valence-electron chi connectivity index (χ1n) is 13.0. The van der Waals surface area contributed by atoms with Gasteiger partial charge in [0.2, 0.25) is 5.91 Å². The van der Waals surface area contributed by atoms with Crippen molar-refractivity contribution in [3.63, 3.8) is 0 Å². The largest absolute Gasteiger partial charge is 0.453 e. The molecule has 0 saturated carbocycles. The predicted molar refractivity (Wildman–Crippen MR) is 142 cm³/mol. The minimum Gasteiger partial charge on any atom is -0.445 e. The lowest BCUT2D eigenvalue weighted by molar-refractivity contribution is -0.135. The van der Waals surface area contributed by atoms with Crippen molar-refractivity contribution in [3.8, 4) is 22.6 Å². The van der Waals surface area contributed by atoms with Crippen molar-refractivity contribution in [2.24, 2.45) is 0 Å². The molecule has 3 aliphatic heterocycles. The summed E-state index contributed by atoms with van der Waals surface area (Å²) in [6.07, 6.45) is 1.86. The highest BCUT2D eigenvalue weighted by Crippen LogP contribution is 2.61. The zero-order valence-electron chi connectivity index (χ0n) is 20.9. The maximum Gasteiger partial charge on any atom is 0.453 e. The van der Waals surface area contributed by atoms with E-state index in [4.69, 9.17) is 13.8 Å². The van der Waals surface area contributed by atoms with E-state index in [9.17, 15) is 14.2 Å². The summed E-state index contributed by atoms with van der Waals surface area (Å²) in [4.78, 5) is 29.9. The van der Waals surface area contributed by atoms with E-state index in [1.165, 1.54) is 4.90 Å². The Morgan fingerprint density at radius 2 is 1.37 bits per heavy atom. The van der Waals surface area contributed by atoms with Crippen LogP contribution in [-0.4, -0.2) is 46.7 Å². The summed E-state index contributed by atoms with van der Waals surface area (Å²) in [5, 5.41) is 0. The number of benzene rings is 3. The first-order valence-corrected chi connectivity index (χ1v) is 14.6. The van der Waals surface area contributed by atoms with Crippen molar-refractivity contribution in [2.45, 2.75) is 44.1 Å². The van der Waals surface area contributed by atoms with Gasteiger partial charge >= 0.3 is 13.7 Å². The number of carbonyl (C=O) groups is 2. The SMILES string of the molecule is O=C([C@@H]1CCCN1C(=O)OCc1ccccc1)N1CCCC1P1(=O)Oc2ccccc2-c2ccccc2O1. The van der Waals surface area contributed by atoms with Gasteiger partial charge in [0.25, 0.3) is 0 Å². The van der Waals surface area contributed by atoms with E-state index >= 15 is 0 Å². The molecule has 196 valence electrons.